The summed E-state index contributed by atoms with van der Waals surface area (Å²) in [7, 11) is 0. The lowest BCUT2D eigenvalue weighted by Gasteiger charge is -2.29. The van der Waals surface area contributed by atoms with Crippen LogP contribution in [0.4, 0.5) is 0 Å². The van der Waals surface area contributed by atoms with Crippen molar-refractivity contribution in [2.75, 3.05) is 26.2 Å². The number of carboxylic acid groups (broad SMARTS) is 3. The molecule has 0 unspecified atom stereocenters. The maximum Gasteiger partial charge on any atom is 0.284 e. The van der Waals surface area contributed by atoms with E-state index >= 15 is 0 Å². The van der Waals surface area contributed by atoms with Crippen LogP contribution in [0.15, 0.2) is 84.9 Å². The van der Waals surface area contributed by atoms with Crippen molar-refractivity contribution in [3.05, 3.63) is 112 Å². The van der Waals surface area contributed by atoms with Gasteiger partial charge in [0.25, 0.3) is 5.70 Å². The van der Waals surface area contributed by atoms with Gasteiger partial charge >= 0.3 is 0 Å². The van der Waals surface area contributed by atoms with Gasteiger partial charge in [-0.25, -0.2) is 0 Å². The second-order valence-electron chi connectivity index (χ2n) is 9.53. The van der Waals surface area contributed by atoms with Gasteiger partial charge < -0.3 is 44.4 Å². The average Bonchev–Trinajstić information content (AvgIpc) is 2.98. The number of likely N-dealkylation sites (N-methyl/N-ethyl adjacent to an activating group) is 1. The van der Waals surface area contributed by atoms with E-state index in [1.807, 2.05) is 72.8 Å². The Balaban J connectivity index is 0.000000439. The third kappa shape index (κ3) is 10.6. The summed E-state index contributed by atoms with van der Waals surface area (Å²) in [6.45, 7) is 7.72. The Hall–Kier alpha value is -5.07. The number of nitro groups is 1. The maximum atomic E-state index is 12.1. The van der Waals surface area contributed by atoms with Crippen LogP contribution >= 0.6 is 0 Å². The number of aliphatic hydroxyl groups is 1. The molecule has 0 spiro atoms. The highest BCUT2D eigenvalue weighted by molar-refractivity contribution is 5.95. The van der Waals surface area contributed by atoms with E-state index in [1.54, 1.807) is 12.1 Å². The second kappa shape index (κ2) is 17.1. The van der Waals surface area contributed by atoms with Crippen LogP contribution in [0.25, 0.3) is 11.3 Å². The van der Waals surface area contributed by atoms with Gasteiger partial charge in [0.15, 0.2) is 0 Å². The fourth-order valence-corrected chi connectivity index (χ4v) is 4.22. The lowest BCUT2D eigenvalue weighted by molar-refractivity contribution is -0.374. The van der Waals surface area contributed by atoms with Crippen molar-refractivity contribution >= 4 is 29.2 Å². The normalized spacial score (nSPS) is 11.5. The number of carboxylic acids is 3. The van der Waals surface area contributed by atoms with E-state index in [0.717, 1.165) is 36.5 Å². The Morgan fingerprint density at radius 1 is 0.773 bits per heavy atom. The number of aliphatic carboxylic acids is 3. The van der Waals surface area contributed by atoms with Gasteiger partial charge in [-0.15, -0.1) is 0 Å². The number of ether oxygens (including phenoxy) is 1. The number of benzene rings is 3. The summed E-state index contributed by atoms with van der Waals surface area (Å²) in [5.74, 6) is -5.23. The number of carbonyl (C=O) groups is 3. The molecule has 3 aromatic carbocycles. The molecule has 0 heterocycles. The molecule has 3 rings (SSSR count). The molecule has 0 bridgehead atoms. The minimum absolute atomic E-state index is 0.0852. The number of hydrogen-bond donors (Lipinski definition) is 1. The number of nitrogens with zero attached hydrogens (tertiary/aromatic N) is 2. The predicted octanol–water partition coefficient (Wildman–Crippen LogP) is 0.348. The monoisotopic (exact) mass is 605 g/mol. The van der Waals surface area contributed by atoms with Crippen molar-refractivity contribution in [3.63, 3.8) is 0 Å². The lowest BCUT2D eigenvalue weighted by atomic mass is 9.93. The van der Waals surface area contributed by atoms with Crippen molar-refractivity contribution in [3.8, 4) is 5.75 Å². The molecule has 0 aliphatic carbocycles. The van der Waals surface area contributed by atoms with Gasteiger partial charge in [0.05, 0.1) is 22.0 Å². The molecule has 234 valence electrons. The van der Waals surface area contributed by atoms with Crippen molar-refractivity contribution in [1.29, 1.82) is 0 Å². The molecule has 0 atom stereocenters. The summed E-state index contributed by atoms with van der Waals surface area (Å²) in [6.07, 6.45) is -2.72. The molecular weight excluding hydrogens is 572 g/mol. The van der Waals surface area contributed by atoms with E-state index in [4.69, 9.17) is 9.84 Å². The van der Waals surface area contributed by atoms with E-state index < -0.39 is 36.4 Å². The van der Waals surface area contributed by atoms with Crippen LogP contribution in [0, 0.1) is 10.1 Å². The van der Waals surface area contributed by atoms with Crippen LogP contribution in [0.3, 0.4) is 0 Å². The molecule has 1 N–H and O–H groups in total. The smallest absolute Gasteiger partial charge is 0.284 e. The van der Waals surface area contributed by atoms with Crippen LogP contribution < -0.4 is 20.1 Å². The molecule has 44 heavy (non-hydrogen) atoms. The molecule has 0 saturated carbocycles. The molecule has 12 heteroatoms. The summed E-state index contributed by atoms with van der Waals surface area (Å²) in [4.78, 5) is 44.1. The zero-order valence-corrected chi connectivity index (χ0v) is 24.3. The van der Waals surface area contributed by atoms with Gasteiger partial charge in [0, 0.05) is 31.3 Å². The summed E-state index contributed by atoms with van der Waals surface area (Å²) in [5, 5.41) is 51.1. The van der Waals surface area contributed by atoms with Crippen LogP contribution in [0.1, 0.15) is 43.4 Å². The van der Waals surface area contributed by atoms with Crippen molar-refractivity contribution < 1.29 is 44.5 Å². The fraction of sp³-hybridized carbons (Fsp3) is 0.281. The highest BCUT2D eigenvalue weighted by atomic mass is 16.6. The Morgan fingerprint density at radius 3 is 1.64 bits per heavy atom. The quantitative estimate of drug-likeness (QED) is 0.143. The van der Waals surface area contributed by atoms with Gasteiger partial charge in [0.2, 0.25) is 0 Å². The average molecular weight is 606 g/mol. The Kier molecular flexibility index (Phi) is 13.7. The first-order valence-corrected chi connectivity index (χ1v) is 13.7. The zero-order valence-electron chi connectivity index (χ0n) is 24.3. The number of rotatable bonds is 15. The first-order chi connectivity index (χ1) is 20.9. The summed E-state index contributed by atoms with van der Waals surface area (Å²) in [5.41, 5.74) is -0.150. The molecule has 0 saturated heterocycles. The second-order valence-corrected chi connectivity index (χ2v) is 9.53. The minimum Gasteiger partial charge on any atom is -0.550 e. The summed E-state index contributed by atoms with van der Waals surface area (Å²) >= 11 is 0. The van der Waals surface area contributed by atoms with Gasteiger partial charge in [-0.1, -0.05) is 74.5 Å². The molecule has 3 aromatic rings. The third-order valence-electron chi connectivity index (χ3n) is 6.50. The van der Waals surface area contributed by atoms with E-state index in [0.29, 0.717) is 17.7 Å². The van der Waals surface area contributed by atoms with Crippen LogP contribution in [0.2, 0.25) is 0 Å². The molecule has 0 fully saturated rings. The minimum atomic E-state index is -2.97. The Bertz CT molecular complexity index is 1400. The third-order valence-corrected chi connectivity index (χ3v) is 6.50. The molecule has 12 nitrogen and oxygen atoms in total. The Morgan fingerprint density at radius 2 is 1.23 bits per heavy atom. The van der Waals surface area contributed by atoms with E-state index in [-0.39, 0.29) is 10.6 Å². The maximum absolute atomic E-state index is 12.1. The predicted molar refractivity (Wildman–Crippen MR) is 155 cm³/mol. The standard InChI is InChI=1S/C26H28N2O3.C6H8O7/c1-3-27(4-2)19-20-31-24-17-15-22(16-18-24)25(21-11-7-5-8-12-21)26(28(29)30)23-13-9-6-10-14-23;7-3(8)1-6(13,5(11)12)2-4(9)10/h5-18H,3-4,19-20H2,1-2H3;13H,1-2H2,(H,7,8)(H,9,10)(H,11,12)/p-3. The van der Waals surface area contributed by atoms with E-state index in [2.05, 4.69) is 18.7 Å². The van der Waals surface area contributed by atoms with Crippen LogP contribution in [-0.4, -0.2) is 64.7 Å². The summed E-state index contributed by atoms with van der Waals surface area (Å²) in [6, 6.07) is 26.0. The number of hydrogen-bond acceptors (Lipinski definition) is 11. The Labute approximate surface area is 254 Å². The SMILES string of the molecule is CCN(CC)CCOc1ccc(C(=C(c2ccccc2)[N+](=O)[O-])c2ccccc2)cc1.O=C([O-])CC(O)(CC(=O)[O-])C(=O)[O-]. The largest absolute Gasteiger partial charge is 0.550 e. The topological polar surface area (TPSA) is 196 Å². The molecular formula is C32H33N2O10-3. The highest BCUT2D eigenvalue weighted by Gasteiger charge is 2.29. The van der Waals surface area contributed by atoms with Gasteiger partial charge in [0.1, 0.15) is 18.0 Å². The van der Waals surface area contributed by atoms with Crippen molar-refractivity contribution in [1.82, 2.24) is 4.90 Å². The van der Waals surface area contributed by atoms with Crippen molar-refractivity contribution in [2.45, 2.75) is 32.3 Å². The van der Waals surface area contributed by atoms with Crippen molar-refractivity contribution in [2.24, 2.45) is 0 Å². The first-order valence-electron chi connectivity index (χ1n) is 13.7. The van der Waals surface area contributed by atoms with Crippen LogP contribution in [0.5, 0.6) is 5.75 Å². The summed E-state index contributed by atoms with van der Waals surface area (Å²) < 4.78 is 5.88. The van der Waals surface area contributed by atoms with Gasteiger partial charge in [-0.2, -0.15) is 0 Å². The lowest BCUT2D eigenvalue weighted by Crippen LogP contribution is -2.54. The zero-order chi connectivity index (χ0) is 32.7. The molecule has 0 aromatic heterocycles. The van der Waals surface area contributed by atoms with E-state index in [9.17, 15) is 39.8 Å². The van der Waals surface area contributed by atoms with Gasteiger partial charge in [-0.3, -0.25) is 10.1 Å². The molecule has 0 radical (unpaired) electrons. The van der Waals surface area contributed by atoms with E-state index in [1.165, 1.54) is 0 Å². The highest BCUT2D eigenvalue weighted by Crippen LogP contribution is 2.33. The molecule has 0 aliphatic rings. The fourth-order valence-electron chi connectivity index (χ4n) is 4.22. The van der Waals surface area contributed by atoms with Gasteiger partial charge in [-0.05, 0) is 48.5 Å². The first kappa shape index (κ1) is 35.1. The molecule has 0 aliphatic heterocycles. The molecule has 0 amide bonds. The number of carbonyl (C=O) groups excluding carboxylic acids is 3. The van der Waals surface area contributed by atoms with Crippen LogP contribution in [-0.2, 0) is 14.4 Å².